The maximum atomic E-state index is 13.2. The van der Waals surface area contributed by atoms with E-state index in [0.29, 0.717) is 43.4 Å². The van der Waals surface area contributed by atoms with Crippen LogP contribution in [0.25, 0.3) is 16.7 Å². The molecule has 2 aliphatic rings. The summed E-state index contributed by atoms with van der Waals surface area (Å²) in [5, 5.41) is 0. The van der Waals surface area contributed by atoms with Crippen LogP contribution in [0.15, 0.2) is 78.0 Å². The van der Waals surface area contributed by atoms with Gasteiger partial charge < -0.3 is 14.4 Å². The van der Waals surface area contributed by atoms with Crippen LogP contribution in [0.5, 0.6) is 11.5 Å². The van der Waals surface area contributed by atoms with E-state index >= 15 is 0 Å². The van der Waals surface area contributed by atoms with Crippen molar-refractivity contribution in [1.29, 1.82) is 0 Å². The predicted molar refractivity (Wildman–Crippen MR) is 133 cm³/mol. The van der Waals surface area contributed by atoms with Crippen LogP contribution in [-0.2, 0) is 10.0 Å². The van der Waals surface area contributed by atoms with Gasteiger partial charge in [-0.1, -0.05) is 12.1 Å². The largest absolute Gasteiger partial charge is 0.486 e. The van der Waals surface area contributed by atoms with Gasteiger partial charge in [-0.25, -0.2) is 13.4 Å². The van der Waals surface area contributed by atoms with E-state index < -0.39 is 10.0 Å². The van der Waals surface area contributed by atoms with Crippen molar-refractivity contribution in [2.75, 3.05) is 39.4 Å². The Morgan fingerprint density at radius 2 is 1.56 bits per heavy atom. The van der Waals surface area contributed by atoms with Crippen molar-refractivity contribution < 1.29 is 22.7 Å². The topological polar surface area (TPSA) is 94.0 Å². The van der Waals surface area contributed by atoms with Crippen molar-refractivity contribution in [3.05, 3.63) is 78.6 Å². The fourth-order valence-corrected chi connectivity index (χ4v) is 6.02. The maximum absolute atomic E-state index is 13.2. The number of rotatable bonds is 4. The zero-order valence-corrected chi connectivity index (χ0v) is 20.2. The molecule has 3 heterocycles. The molecule has 0 atom stereocenters. The Balaban J connectivity index is 1.13. The molecule has 184 valence electrons. The third-order valence-corrected chi connectivity index (χ3v) is 8.42. The van der Waals surface area contributed by atoms with Crippen LogP contribution in [-0.4, -0.2) is 72.5 Å². The fourth-order valence-electron chi connectivity index (χ4n) is 4.58. The maximum Gasteiger partial charge on any atom is 0.253 e. The van der Waals surface area contributed by atoms with Gasteiger partial charge in [0.1, 0.15) is 19.5 Å². The SMILES string of the molecule is O=C(c1ccc(-n2cnc3ccccc32)cc1)N1CCN(S(=O)(=O)c2ccc3c(c2)OCCO3)CC1. The number of fused-ring (bicyclic) bond motifs is 2. The number of hydrogen-bond donors (Lipinski definition) is 0. The highest BCUT2D eigenvalue weighted by Crippen LogP contribution is 2.33. The first-order valence-electron chi connectivity index (χ1n) is 11.7. The lowest BCUT2D eigenvalue weighted by Crippen LogP contribution is -2.50. The van der Waals surface area contributed by atoms with E-state index in [1.54, 1.807) is 29.4 Å². The van der Waals surface area contributed by atoms with Gasteiger partial charge in [-0.2, -0.15) is 4.31 Å². The van der Waals surface area contributed by atoms with Crippen molar-refractivity contribution in [1.82, 2.24) is 18.8 Å². The van der Waals surface area contributed by atoms with Crippen molar-refractivity contribution in [3.8, 4) is 17.2 Å². The van der Waals surface area contributed by atoms with E-state index in [9.17, 15) is 13.2 Å². The summed E-state index contributed by atoms with van der Waals surface area (Å²) in [4.78, 5) is 19.4. The minimum absolute atomic E-state index is 0.117. The van der Waals surface area contributed by atoms with Crippen molar-refractivity contribution in [2.45, 2.75) is 4.90 Å². The van der Waals surface area contributed by atoms with Crippen LogP contribution in [0.4, 0.5) is 0 Å². The molecular weight excluding hydrogens is 480 g/mol. The first-order valence-corrected chi connectivity index (χ1v) is 13.2. The lowest BCUT2D eigenvalue weighted by atomic mass is 10.1. The van der Waals surface area contributed by atoms with E-state index in [2.05, 4.69) is 4.98 Å². The quantitative estimate of drug-likeness (QED) is 0.424. The van der Waals surface area contributed by atoms with Crippen LogP contribution in [0.1, 0.15) is 10.4 Å². The van der Waals surface area contributed by atoms with Gasteiger partial charge in [0.2, 0.25) is 10.0 Å². The average molecular weight is 505 g/mol. The summed E-state index contributed by atoms with van der Waals surface area (Å²) in [6.07, 6.45) is 1.77. The minimum atomic E-state index is -3.71. The Bertz CT molecular complexity index is 1540. The lowest BCUT2D eigenvalue weighted by Gasteiger charge is -2.34. The van der Waals surface area contributed by atoms with Crippen molar-refractivity contribution in [3.63, 3.8) is 0 Å². The third-order valence-electron chi connectivity index (χ3n) is 6.52. The highest BCUT2D eigenvalue weighted by Gasteiger charge is 2.31. The zero-order valence-electron chi connectivity index (χ0n) is 19.4. The number of carbonyl (C=O) groups is 1. The molecule has 36 heavy (non-hydrogen) atoms. The summed E-state index contributed by atoms with van der Waals surface area (Å²) >= 11 is 0. The molecule has 1 aromatic heterocycles. The van der Waals surface area contributed by atoms with E-state index in [1.807, 2.05) is 41.0 Å². The molecule has 10 heteroatoms. The molecule has 6 rings (SSSR count). The predicted octanol–water partition coefficient (Wildman–Crippen LogP) is 2.94. The number of carbonyl (C=O) groups excluding carboxylic acids is 1. The highest BCUT2D eigenvalue weighted by atomic mass is 32.2. The number of hydrogen-bond acceptors (Lipinski definition) is 6. The molecule has 4 aromatic rings. The number of amides is 1. The summed E-state index contributed by atoms with van der Waals surface area (Å²) < 4.78 is 40.8. The zero-order chi connectivity index (χ0) is 24.7. The molecule has 0 spiro atoms. The van der Waals surface area contributed by atoms with Crippen LogP contribution in [0.2, 0.25) is 0 Å². The molecule has 3 aromatic carbocycles. The summed E-state index contributed by atoms with van der Waals surface area (Å²) in [5.41, 5.74) is 3.37. The smallest absolute Gasteiger partial charge is 0.253 e. The number of aromatic nitrogens is 2. The molecule has 1 saturated heterocycles. The lowest BCUT2D eigenvalue weighted by molar-refractivity contribution is 0.0698. The molecule has 0 aliphatic carbocycles. The fraction of sp³-hybridized carbons (Fsp3) is 0.231. The second-order valence-corrected chi connectivity index (χ2v) is 10.6. The number of nitrogens with zero attached hydrogens (tertiary/aromatic N) is 4. The van der Waals surface area contributed by atoms with Crippen LogP contribution < -0.4 is 9.47 Å². The van der Waals surface area contributed by atoms with Crippen molar-refractivity contribution >= 4 is 27.0 Å². The Morgan fingerprint density at radius 1 is 0.833 bits per heavy atom. The van der Waals surface area contributed by atoms with Gasteiger partial charge in [-0.05, 0) is 48.5 Å². The van der Waals surface area contributed by atoms with E-state index in [4.69, 9.17) is 9.47 Å². The molecule has 1 amide bonds. The molecule has 0 unspecified atom stereocenters. The normalized spacial score (nSPS) is 16.3. The second kappa shape index (κ2) is 8.96. The van der Waals surface area contributed by atoms with Crippen molar-refractivity contribution in [2.24, 2.45) is 0 Å². The molecule has 0 N–H and O–H groups in total. The molecule has 2 aliphatic heterocycles. The molecule has 0 saturated carbocycles. The van der Waals surface area contributed by atoms with Crippen LogP contribution in [0.3, 0.4) is 0 Å². The summed E-state index contributed by atoms with van der Waals surface area (Å²) in [5.74, 6) is 0.861. The average Bonchev–Trinajstić information content (AvgIpc) is 3.37. The van der Waals surface area contributed by atoms with Gasteiger partial charge >= 0.3 is 0 Å². The van der Waals surface area contributed by atoms with Gasteiger partial charge in [0, 0.05) is 43.5 Å². The summed E-state index contributed by atoms with van der Waals surface area (Å²) in [6.45, 7) is 1.91. The van der Waals surface area contributed by atoms with E-state index in [0.717, 1.165) is 16.7 Å². The molecule has 9 nitrogen and oxygen atoms in total. The number of para-hydroxylation sites is 2. The van der Waals surface area contributed by atoms with Gasteiger partial charge in [0.15, 0.2) is 11.5 Å². The first kappa shape index (κ1) is 22.6. The number of sulfonamides is 1. The van der Waals surface area contributed by atoms with Gasteiger partial charge in [0.05, 0.1) is 15.9 Å². The number of benzene rings is 3. The van der Waals surface area contributed by atoms with Crippen LogP contribution in [0, 0.1) is 0 Å². The highest BCUT2D eigenvalue weighted by molar-refractivity contribution is 7.89. The van der Waals surface area contributed by atoms with Gasteiger partial charge in [-0.3, -0.25) is 9.36 Å². The Hall–Kier alpha value is -3.89. The molecule has 1 fully saturated rings. The third kappa shape index (κ3) is 3.98. The molecular formula is C26H24N4O5S. The minimum Gasteiger partial charge on any atom is -0.486 e. The number of piperazine rings is 1. The van der Waals surface area contributed by atoms with Crippen LogP contribution >= 0.6 is 0 Å². The summed E-state index contributed by atoms with van der Waals surface area (Å²) in [7, 11) is -3.71. The van der Waals surface area contributed by atoms with E-state index in [-0.39, 0.29) is 23.9 Å². The Kier molecular flexibility index (Phi) is 5.62. The molecule has 0 radical (unpaired) electrons. The number of imidazole rings is 1. The Labute approximate surface area is 208 Å². The monoisotopic (exact) mass is 504 g/mol. The second-order valence-electron chi connectivity index (χ2n) is 8.65. The Morgan fingerprint density at radius 3 is 2.33 bits per heavy atom. The first-order chi connectivity index (χ1) is 17.5. The van der Waals surface area contributed by atoms with E-state index in [1.165, 1.54) is 16.4 Å². The number of ether oxygens (including phenoxy) is 2. The van der Waals surface area contributed by atoms with Gasteiger partial charge in [0.25, 0.3) is 5.91 Å². The summed E-state index contributed by atoms with van der Waals surface area (Å²) in [6, 6.07) is 19.9. The van der Waals surface area contributed by atoms with Gasteiger partial charge in [-0.15, -0.1) is 0 Å². The standard InChI is InChI=1S/C26H24N4O5S/c31-26(19-5-7-20(8-6-19)30-18-27-22-3-1-2-4-23(22)30)28-11-13-29(14-12-28)36(32,33)21-9-10-24-25(17-21)35-16-15-34-24/h1-10,17-18H,11-16H2. The molecule has 0 bridgehead atoms.